The lowest BCUT2D eigenvalue weighted by atomic mass is 9.45. The fourth-order valence-corrected chi connectivity index (χ4v) is 8.40. The van der Waals surface area contributed by atoms with Crippen molar-refractivity contribution in [1.82, 2.24) is 5.06 Å². The molecule has 6 nitrogen and oxygen atoms in total. The molecular formula is C26H32FNO5S. The number of allylic oxidation sites excluding steroid dienone is 4. The molecule has 0 unspecified atom stereocenters. The minimum absolute atomic E-state index is 0.0194. The van der Waals surface area contributed by atoms with Gasteiger partial charge in [-0.15, -0.1) is 11.3 Å². The van der Waals surface area contributed by atoms with Crippen LogP contribution in [-0.4, -0.2) is 51.5 Å². The molecule has 5 rings (SSSR count). The summed E-state index contributed by atoms with van der Waals surface area (Å²) in [7, 11) is 1.72. The molecule has 3 saturated carbocycles. The van der Waals surface area contributed by atoms with Gasteiger partial charge >= 0.3 is 5.97 Å². The van der Waals surface area contributed by atoms with E-state index in [0.717, 1.165) is 10.5 Å². The standard InChI is InChI=1S/C26H32FNO5S/c1-23-10-8-17(29)13-16(23)6-7-20-19-9-11-25(22(31)32,24(19,2)14-21(30)26(20,23)27)33-28(3)15-18-5-4-12-34-18/h4-5,8,10,12-13,19-21,30H,6-7,9,11,14-15H2,1-3H3,(H,31,32)/t19-,20-,21-,23-,24-,25-,26-/m0/s1. The molecule has 3 fully saturated rings. The molecule has 184 valence electrons. The second kappa shape index (κ2) is 7.82. The van der Waals surface area contributed by atoms with Gasteiger partial charge < -0.3 is 10.2 Å². The van der Waals surface area contributed by atoms with Crippen molar-refractivity contribution in [2.75, 3.05) is 7.05 Å². The Morgan fingerprint density at radius 1 is 1.32 bits per heavy atom. The van der Waals surface area contributed by atoms with Gasteiger partial charge in [-0.05, 0) is 68.5 Å². The summed E-state index contributed by atoms with van der Waals surface area (Å²) >= 11 is 1.57. The number of carboxylic acid groups (broad SMARTS) is 1. The molecule has 0 saturated heterocycles. The number of carboxylic acids is 1. The molecule has 0 aliphatic heterocycles. The minimum atomic E-state index is -1.98. The molecule has 2 N–H and O–H groups in total. The van der Waals surface area contributed by atoms with Crippen molar-refractivity contribution in [2.45, 2.75) is 69.9 Å². The summed E-state index contributed by atoms with van der Waals surface area (Å²) in [5.74, 6) is -2.03. The smallest absolute Gasteiger partial charge is 0.338 e. The number of aliphatic carboxylic acids is 1. The van der Waals surface area contributed by atoms with E-state index in [2.05, 4.69) is 0 Å². The highest BCUT2D eigenvalue weighted by atomic mass is 32.1. The molecule has 1 aromatic rings. The number of nitrogens with zero attached hydrogens (tertiary/aromatic N) is 1. The number of ketones is 1. The van der Waals surface area contributed by atoms with Crippen molar-refractivity contribution in [3.63, 3.8) is 0 Å². The van der Waals surface area contributed by atoms with E-state index in [1.165, 1.54) is 12.2 Å². The molecule has 1 heterocycles. The van der Waals surface area contributed by atoms with E-state index < -0.39 is 40.1 Å². The molecule has 0 amide bonds. The Hall–Kier alpha value is -1.87. The monoisotopic (exact) mass is 489 g/mol. The summed E-state index contributed by atoms with van der Waals surface area (Å²) in [6.45, 7) is 4.07. The van der Waals surface area contributed by atoms with E-state index in [0.29, 0.717) is 25.8 Å². The molecular weight excluding hydrogens is 457 g/mol. The highest BCUT2D eigenvalue weighted by molar-refractivity contribution is 7.09. The molecule has 8 heteroatoms. The first-order valence-corrected chi connectivity index (χ1v) is 12.8. The van der Waals surface area contributed by atoms with E-state index in [1.807, 2.05) is 24.4 Å². The zero-order valence-electron chi connectivity index (χ0n) is 19.8. The molecule has 4 aliphatic rings. The first-order chi connectivity index (χ1) is 16.0. The zero-order chi connectivity index (χ0) is 24.5. The van der Waals surface area contributed by atoms with Crippen LogP contribution in [0.3, 0.4) is 0 Å². The minimum Gasteiger partial charge on any atom is -0.479 e. The third-order valence-electron chi connectivity index (χ3n) is 9.38. The van der Waals surface area contributed by atoms with Gasteiger partial charge in [0.25, 0.3) is 0 Å². The molecule has 1 aromatic heterocycles. The van der Waals surface area contributed by atoms with Crippen LogP contribution in [-0.2, 0) is 21.0 Å². The number of alkyl halides is 1. The fraction of sp³-hybridized carbons (Fsp3) is 0.615. The number of rotatable bonds is 5. The number of carbonyl (C=O) groups is 2. The van der Waals surface area contributed by atoms with Gasteiger partial charge in [0.1, 0.15) is 0 Å². The van der Waals surface area contributed by atoms with Crippen LogP contribution in [0.2, 0.25) is 0 Å². The lowest BCUT2D eigenvalue weighted by Crippen LogP contribution is -2.69. The molecule has 0 radical (unpaired) electrons. The maximum atomic E-state index is 17.2. The Kier molecular flexibility index (Phi) is 5.48. The number of thiophene rings is 1. The molecule has 4 aliphatic carbocycles. The quantitative estimate of drug-likeness (QED) is 0.600. The van der Waals surface area contributed by atoms with E-state index in [1.54, 1.807) is 36.4 Å². The maximum absolute atomic E-state index is 17.2. The number of hydrogen-bond acceptors (Lipinski definition) is 6. The summed E-state index contributed by atoms with van der Waals surface area (Å²) in [6, 6.07) is 3.90. The highest BCUT2D eigenvalue weighted by Gasteiger charge is 2.75. The number of aliphatic hydroxyl groups excluding tert-OH is 1. The maximum Gasteiger partial charge on any atom is 0.338 e. The molecule has 0 bridgehead atoms. The summed E-state index contributed by atoms with van der Waals surface area (Å²) < 4.78 is 17.2. The van der Waals surface area contributed by atoms with E-state index in [4.69, 9.17) is 4.84 Å². The Balaban J connectivity index is 1.51. The van der Waals surface area contributed by atoms with Crippen LogP contribution in [0.5, 0.6) is 0 Å². The van der Waals surface area contributed by atoms with Crippen molar-refractivity contribution < 1.29 is 29.0 Å². The zero-order valence-corrected chi connectivity index (χ0v) is 20.6. The fourth-order valence-electron chi connectivity index (χ4n) is 7.66. The lowest BCUT2D eigenvalue weighted by molar-refractivity contribution is -0.293. The van der Waals surface area contributed by atoms with Crippen molar-refractivity contribution in [1.29, 1.82) is 0 Å². The van der Waals surface area contributed by atoms with Gasteiger partial charge in [0.15, 0.2) is 17.1 Å². The number of carbonyl (C=O) groups excluding carboxylic acids is 1. The number of fused-ring (bicyclic) bond motifs is 5. The summed E-state index contributed by atoms with van der Waals surface area (Å²) in [4.78, 5) is 32.1. The van der Waals surface area contributed by atoms with Crippen LogP contribution in [0.15, 0.2) is 41.3 Å². The van der Waals surface area contributed by atoms with Gasteiger partial charge in [-0.2, -0.15) is 5.06 Å². The highest BCUT2D eigenvalue weighted by Crippen LogP contribution is 2.70. The Labute approximate surface area is 203 Å². The second-order valence-electron chi connectivity index (χ2n) is 10.9. The predicted molar refractivity (Wildman–Crippen MR) is 126 cm³/mol. The number of hydroxylamine groups is 2. The van der Waals surface area contributed by atoms with E-state index >= 15 is 4.39 Å². The first kappa shape index (κ1) is 23.9. The van der Waals surface area contributed by atoms with Crippen LogP contribution < -0.4 is 0 Å². The van der Waals surface area contributed by atoms with Crippen LogP contribution >= 0.6 is 11.3 Å². The van der Waals surface area contributed by atoms with Gasteiger partial charge in [0, 0.05) is 28.7 Å². The number of hydrogen-bond donors (Lipinski definition) is 2. The van der Waals surface area contributed by atoms with Crippen molar-refractivity contribution >= 4 is 23.1 Å². The summed E-state index contributed by atoms with van der Waals surface area (Å²) in [5, 5.41) is 25.4. The third kappa shape index (κ3) is 3.01. The average molecular weight is 490 g/mol. The molecule has 0 spiro atoms. The molecule has 0 aromatic carbocycles. The van der Waals surface area contributed by atoms with Gasteiger partial charge in [-0.1, -0.05) is 24.6 Å². The van der Waals surface area contributed by atoms with Crippen molar-refractivity contribution in [3.05, 3.63) is 46.2 Å². The first-order valence-electron chi connectivity index (χ1n) is 12.0. The van der Waals surface area contributed by atoms with Gasteiger partial charge in [-0.3, -0.25) is 9.63 Å². The lowest BCUT2D eigenvalue weighted by Gasteiger charge is -2.62. The van der Waals surface area contributed by atoms with Crippen molar-refractivity contribution in [3.8, 4) is 0 Å². The van der Waals surface area contributed by atoms with Crippen LogP contribution in [0, 0.1) is 22.7 Å². The van der Waals surface area contributed by atoms with E-state index in [9.17, 15) is 19.8 Å². The van der Waals surface area contributed by atoms with Crippen LogP contribution in [0.25, 0.3) is 0 Å². The van der Waals surface area contributed by atoms with Crippen molar-refractivity contribution in [2.24, 2.45) is 22.7 Å². The van der Waals surface area contributed by atoms with Crippen LogP contribution in [0.1, 0.15) is 50.8 Å². The number of aliphatic hydroxyl groups is 1. The average Bonchev–Trinajstić information content (AvgIpc) is 3.37. The Bertz CT molecular complexity index is 1070. The second-order valence-corrected chi connectivity index (χ2v) is 11.9. The summed E-state index contributed by atoms with van der Waals surface area (Å²) in [5.41, 5.74) is -4.85. The number of halogens is 1. The SMILES string of the molecule is CN(Cc1cccs1)O[C@]1(C(=O)O)CC[C@H]2[C@@H]3CCC4=CC(=O)C=C[C@]4(C)[C@@]3(F)[C@@H](O)C[C@@]21C. The summed E-state index contributed by atoms with van der Waals surface area (Å²) in [6.07, 6.45) is 4.92. The topological polar surface area (TPSA) is 87.1 Å². The van der Waals surface area contributed by atoms with Gasteiger partial charge in [-0.25, -0.2) is 9.18 Å². The molecule has 34 heavy (non-hydrogen) atoms. The third-order valence-corrected chi connectivity index (χ3v) is 10.2. The normalized spacial score (nSPS) is 43.3. The Morgan fingerprint density at radius 3 is 2.76 bits per heavy atom. The Morgan fingerprint density at radius 2 is 2.09 bits per heavy atom. The predicted octanol–water partition coefficient (Wildman–Crippen LogP) is 4.31. The molecule has 7 atom stereocenters. The largest absolute Gasteiger partial charge is 0.479 e. The van der Waals surface area contributed by atoms with Gasteiger partial charge in [0.05, 0.1) is 12.6 Å². The van der Waals surface area contributed by atoms with Gasteiger partial charge in [0.2, 0.25) is 0 Å². The van der Waals surface area contributed by atoms with E-state index in [-0.39, 0.29) is 24.5 Å². The van der Waals surface area contributed by atoms with Crippen LogP contribution in [0.4, 0.5) is 4.39 Å².